The molecule has 2 aromatic heterocycles. The van der Waals surface area contributed by atoms with Crippen LogP contribution >= 0.6 is 11.3 Å². The quantitative estimate of drug-likeness (QED) is 0.799. The van der Waals surface area contributed by atoms with Gasteiger partial charge in [0.15, 0.2) is 0 Å². The lowest BCUT2D eigenvalue weighted by Crippen LogP contribution is -2.30. The molecule has 0 atom stereocenters. The normalized spacial score (nSPS) is 10.5. The third-order valence-electron chi connectivity index (χ3n) is 2.68. The third-order valence-corrected chi connectivity index (χ3v) is 3.54. The van der Waals surface area contributed by atoms with Crippen molar-refractivity contribution < 1.29 is 4.79 Å². The van der Waals surface area contributed by atoms with E-state index in [0.29, 0.717) is 19.5 Å². The lowest BCUT2D eigenvalue weighted by molar-refractivity contribution is -0.131. The first-order valence-electron chi connectivity index (χ1n) is 5.92. The summed E-state index contributed by atoms with van der Waals surface area (Å²) < 4.78 is 1.68. The molecular formula is C12H16N4OS. The SMILES string of the molecule is CCN(Cc1cccs1)C(=O)CCn1cncn1. The van der Waals surface area contributed by atoms with E-state index in [2.05, 4.69) is 16.1 Å². The largest absolute Gasteiger partial charge is 0.338 e. The molecule has 2 rings (SSSR count). The van der Waals surface area contributed by atoms with Crippen LogP contribution in [0.4, 0.5) is 0 Å². The van der Waals surface area contributed by atoms with Crippen molar-refractivity contribution in [3.05, 3.63) is 35.0 Å². The van der Waals surface area contributed by atoms with Crippen molar-refractivity contribution >= 4 is 17.2 Å². The van der Waals surface area contributed by atoms with E-state index in [4.69, 9.17) is 0 Å². The predicted octanol–water partition coefficient (Wildman–Crippen LogP) is 1.78. The average Bonchev–Trinajstić information content (AvgIpc) is 3.06. The van der Waals surface area contributed by atoms with E-state index >= 15 is 0 Å². The van der Waals surface area contributed by atoms with Crippen LogP contribution < -0.4 is 0 Å². The van der Waals surface area contributed by atoms with Crippen molar-refractivity contribution in [1.29, 1.82) is 0 Å². The Morgan fingerprint density at radius 1 is 1.56 bits per heavy atom. The number of aryl methyl sites for hydroxylation is 1. The second-order valence-electron chi connectivity index (χ2n) is 3.90. The molecule has 0 aliphatic carbocycles. The van der Waals surface area contributed by atoms with Crippen molar-refractivity contribution in [3.63, 3.8) is 0 Å². The number of hydrogen-bond donors (Lipinski definition) is 0. The van der Waals surface area contributed by atoms with Crippen molar-refractivity contribution in [2.45, 2.75) is 26.4 Å². The Morgan fingerprint density at radius 3 is 3.06 bits per heavy atom. The molecule has 1 amide bonds. The van der Waals surface area contributed by atoms with Gasteiger partial charge in [0.05, 0.1) is 13.1 Å². The molecular weight excluding hydrogens is 248 g/mol. The summed E-state index contributed by atoms with van der Waals surface area (Å²) in [6, 6.07) is 4.06. The molecule has 0 saturated heterocycles. The monoisotopic (exact) mass is 264 g/mol. The minimum absolute atomic E-state index is 0.154. The Hall–Kier alpha value is -1.69. The van der Waals surface area contributed by atoms with Gasteiger partial charge < -0.3 is 4.90 Å². The maximum atomic E-state index is 12.1. The second kappa shape index (κ2) is 6.30. The molecule has 96 valence electrons. The number of thiophene rings is 1. The van der Waals surface area contributed by atoms with Gasteiger partial charge in [0.25, 0.3) is 0 Å². The fourth-order valence-electron chi connectivity index (χ4n) is 1.68. The molecule has 0 unspecified atom stereocenters. The van der Waals surface area contributed by atoms with Gasteiger partial charge in [-0.2, -0.15) is 5.10 Å². The second-order valence-corrected chi connectivity index (χ2v) is 4.93. The Kier molecular flexibility index (Phi) is 4.46. The summed E-state index contributed by atoms with van der Waals surface area (Å²) in [6.45, 7) is 4.01. The fourth-order valence-corrected chi connectivity index (χ4v) is 2.40. The molecule has 2 aromatic rings. The molecule has 18 heavy (non-hydrogen) atoms. The number of amides is 1. The van der Waals surface area contributed by atoms with E-state index in [9.17, 15) is 4.79 Å². The van der Waals surface area contributed by atoms with Crippen molar-refractivity contribution in [3.8, 4) is 0 Å². The van der Waals surface area contributed by atoms with Crippen LogP contribution in [-0.2, 0) is 17.9 Å². The molecule has 0 saturated carbocycles. The van der Waals surface area contributed by atoms with Crippen LogP contribution in [0, 0.1) is 0 Å². The molecule has 0 aliphatic rings. The zero-order valence-corrected chi connectivity index (χ0v) is 11.1. The highest BCUT2D eigenvalue weighted by molar-refractivity contribution is 7.09. The lowest BCUT2D eigenvalue weighted by Gasteiger charge is -2.20. The lowest BCUT2D eigenvalue weighted by atomic mass is 10.3. The molecule has 0 radical (unpaired) electrons. The number of nitrogens with zero attached hydrogens (tertiary/aromatic N) is 4. The first-order valence-corrected chi connectivity index (χ1v) is 6.80. The van der Waals surface area contributed by atoms with E-state index < -0.39 is 0 Å². The molecule has 0 spiro atoms. The van der Waals surface area contributed by atoms with Crippen molar-refractivity contribution in [2.75, 3.05) is 6.54 Å². The predicted molar refractivity (Wildman–Crippen MR) is 70.0 cm³/mol. The maximum Gasteiger partial charge on any atom is 0.224 e. The van der Waals surface area contributed by atoms with Gasteiger partial charge >= 0.3 is 0 Å². The first-order chi connectivity index (χ1) is 8.79. The van der Waals surface area contributed by atoms with Crippen molar-refractivity contribution in [2.24, 2.45) is 0 Å². The summed E-state index contributed by atoms with van der Waals surface area (Å²) in [5.41, 5.74) is 0. The Morgan fingerprint density at radius 2 is 2.44 bits per heavy atom. The average molecular weight is 264 g/mol. The fraction of sp³-hybridized carbons (Fsp3) is 0.417. The molecule has 0 fully saturated rings. The van der Waals surface area contributed by atoms with Gasteiger partial charge in [-0.05, 0) is 18.4 Å². The van der Waals surface area contributed by atoms with E-state index in [0.717, 1.165) is 6.54 Å². The minimum Gasteiger partial charge on any atom is -0.338 e. The molecule has 2 heterocycles. The number of rotatable bonds is 6. The van der Waals surface area contributed by atoms with Crippen LogP contribution in [0.25, 0.3) is 0 Å². The van der Waals surface area contributed by atoms with Gasteiger partial charge in [-0.25, -0.2) is 4.98 Å². The van der Waals surface area contributed by atoms with Crippen LogP contribution in [-0.4, -0.2) is 32.1 Å². The maximum absolute atomic E-state index is 12.1. The smallest absolute Gasteiger partial charge is 0.224 e. The van der Waals surface area contributed by atoms with Gasteiger partial charge in [-0.1, -0.05) is 6.07 Å². The Balaban J connectivity index is 1.85. The highest BCUT2D eigenvalue weighted by atomic mass is 32.1. The standard InChI is InChI=1S/C12H16N4OS/c1-2-15(8-11-4-3-7-18-11)12(17)5-6-16-10-13-9-14-16/h3-4,7,9-10H,2,5-6,8H2,1H3. The molecule has 0 N–H and O–H groups in total. The summed E-state index contributed by atoms with van der Waals surface area (Å²) in [5.74, 6) is 0.154. The number of carbonyl (C=O) groups is 1. The molecule has 0 aromatic carbocycles. The molecule has 0 bridgehead atoms. The van der Waals surface area contributed by atoms with Gasteiger partial charge in [-0.15, -0.1) is 11.3 Å². The van der Waals surface area contributed by atoms with Gasteiger partial charge in [0, 0.05) is 17.8 Å². The summed E-state index contributed by atoms with van der Waals surface area (Å²) in [6.07, 6.45) is 3.57. The highest BCUT2D eigenvalue weighted by Crippen LogP contribution is 2.12. The van der Waals surface area contributed by atoms with Crippen LogP contribution in [0.5, 0.6) is 0 Å². The van der Waals surface area contributed by atoms with Gasteiger partial charge in [-0.3, -0.25) is 9.48 Å². The zero-order chi connectivity index (χ0) is 12.8. The van der Waals surface area contributed by atoms with E-state index in [1.165, 1.54) is 11.2 Å². The summed E-state index contributed by atoms with van der Waals surface area (Å²) in [7, 11) is 0. The van der Waals surface area contributed by atoms with Crippen molar-refractivity contribution in [1.82, 2.24) is 19.7 Å². The number of hydrogen-bond acceptors (Lipinski definition) is 4. The highest BCUT2D eigenvalue weighted by Gasteiger charge is 2.12. The topological polar surface area (TPSA) is 51.0 Å². The van der Waals surface area contributed by atoms with Gasteiger partial charge in [0.1, 0.15) is 12.7 Å². The summed E-state index contributed by atoms with van der Waals surface area (Å²) >= 11 is 1.68. The van der Waals surface area contributed by atoms with Crippen LogP contribution in [0.15, 0.2) is 30.2 Å². The number of carbonyl (C=O) groups excluding carboxylic acids is 1. The molecule has 6 heteroatoms. The molecule has 5 nitrogen and oxygen atoms in total. The number of aromatic nitrogens is 3. The Bertz CT molecular complexity index is 466. The van der Waals surface area contributed by atoms with E-state index in [1.807, 2.05) is 23.3 Å². The van der Waals surface area contributed by atoms with Crippen LogP contribution in [0.1, 0.15) is 18.2 Å². The van der Waals surface area contributed by atoms with E-state index in [-0.39, 0.29) is 5.91 Å². The van der Waals surface area contributed by atoms with Crippen LogP contribution in [0.3, 0.4) is 0 Å². The Labute approximate surface area is 110 Å². The van der Waals surface area contributed by atoms with Crippen LogP contribution in [0.2, 0.25) is 0 Å². The van der Waals surface area contributed by atoms with Gasteiger partial charge in [0.2, 0.25) is 5.91 Å². The minimum atomic E-state index is 0.154. The molecule has 0 aliphatic heterocycles. The first kappa shape index (κ1) is 12.8. The van der Waals surface area contributed by atoms with E-state index in [1.54, 1.807) is 22.3 Å². The summed E-state index contributed by atoms with van der Waals surface area (Å²) in [5, 5.41) is 6.02. The third kappa shape index (κ3) is 3.40. The summed E-state index contributed by atoms with van der Waals surface area (Å²) in [4.78, 5) is 19.0. The zero-order valence-electron chi connectivity index (χ0n) is 10.3.